The van der Waals surface area contributed by atoms with Gasteiger partial charge in [-0.2, -0.15) is 0 Å². The first kappa shape index (κ1) is 11.8. The minimum absolute atomic E-state index is 0.0551. The van der Waals surface area contributed by atoms with E-state index in [2.05, 4.69) is 0 Å². The standard InChI is InChI=1S/C10H11F3O2/c1-15-9-6(2-3-14)4-7(11)5-8(9)10(12)13/h4-5,10,14H,2-3H2,1H3. The summed E-state index contributed by atoms with van der Waals surface area (Å²) in [5, 5.41) is 8.69. The number of halogens is 3. The highest BCUT2D eigenvalue weighted by Crippen LogP contribution is 2.33. The Morgan fingerprint density at radius 3 is 2.53 bits per heavy atom. The minimum Gasteiger partial charge on any atom is -0.496 e. The summed E-state index contributed by atoms with van der Waals surface area (Å²) in [6, 6.07) is 1.82. The number of alkyl halides is 2. The number of rotatable bonds is 4. The van der Waals surface area contributed by atoms with Gasteiger partial charge in [0.25, 0.3) is 6.43 Å². The van der Waals surface area contributed by atoms with Crippen molar-refractivity contribution in [3.05, 3.63) is 29.1 Å². The van der Waals surface area contributed by atoms with E-state index in [1.807, 2.05) is 0 Å². The average molecular weight is 220 g/mol. The van der Waals surface area contributed by atoms with Crippen LogP contribution < -0.4 is 4.74 Å². The number of aliphatic hydroxyl groups excluding tert-OH is 1. The van der Waals surface area contributed by atoms with Gasteiger partial charge in [-0.1, -0.05) is 0 Å². The van der Waals surface area contributed by atoms with Gasteiger partial charge in [-0.15, -0.1) is 0 Å². The molecular weight excluding hydrogens is 209 g/mol. The summed E-state index contributed by atoms with van der Waals surface area (Å²) in [5.41, 5.74) is -0.240. The van der Waals surface area contributed by atoms with Gasteiger partial charge < -0.3 is 9.84 Å². The second kappa shape index (κ2) is 5.02. The maximum absolute atomic E-state index is 13.0. The van der Waals surface area contributed by atoms with E-state index in [9.17, 15) is 13.2 Å². The molecule has 0 aliphatic carbocycles. The molecule has 0 unspecified atom stereocenters. The van der Waals surface area contributed by atoms with Gasteiger partial charge >= 0.3 is 0 Å². The van der Waals surface area contributed by atoms with Crippen molar-refractivity contribution in [3.63, 3.8) is 0 Å². The van der Waals surface area contributed by atoms with Crippen molar-refractivity contribution >= 4 is 0 Å². The highest BCUT2D eigenvalue weighted by Gasteiger charge is 2.18. The van der Waals surface area contributed by atoms with Gasteiger partial charge in [-0.3, -0.25) is 0 Å². The first-order valence-electron chi connectivity index (χ1n) is 4.35. The third-order valence-corrected chi connectivity index (χ3v) is 1.98. The number of methoxy groups -OCH3 is 1. The number of hydrogen-bond acceptors (Lipinski definition) is 2. The summed E-state index contributed by atoms with van der Waals surface area (Å²) in [6.07, 6.45) is -2.71. The fourth-order valence-electron chi connectivity index (χ4n) is 1.39. The Kier molecular flexibility index (Phi) is 3.96. The lowest BCUT2D eigenvalue weighted by atomic mass is 10.1. The molecule has 0 bridgehead atoms. The van der Waals surface area contributed by atoms with Gasteiger partial charge in [0.2, 0.25) is 0 Å². The van der Waals surface area contributed by atoms with Crippen molar-refractivity contribution in [1.29, 1.82) is 0 Å². The molecule has 0 radical (unpaired) electrons. The zero-order chi connectivity index (χ0) is 11.4. The van der Waals surface area contributed by atoms with Gasteiger partial charge in [-0.05, 0) is 24.1 Å². The molecule has 0 amide bonds. The predicted molar refractivity (Wildman–Crippen MR) is 48.7 cm³/mol. The summed E-state index contributed by atoms with van der Waals surface area (Å²) in [4.78, 5) is 0. The van der Waals surface area contributed by atoms with Crippen molar-refractivity contribution in [2.24, 2.45) is 0 Å². The maximum atomic E-state index is 13.0. The van der Waals surface area contributed by atoms with Crippen LogP contribution >= 0.6 is 0 Å². The zero-order valence-corrected chi connectivity index (χ0v) is 8.14. The van der Waals surface area contributed by atoms with Crippen LogP contribution in [0.25, 0.3) is 0 Å². The van der Waals surface area contributed by atoms with Gasteiger partial charge in [-0.25, -0.2) is 13.2 Å². The molecule has 0 heterocycles. The molecule has 1 N–H and O–H groups in total. The van der Waals surface area contributed by atoms with Crippen LogP contribution in [0, 0.1) is 5.82 Å². The van der Waals surface area contributed by atoms with Crippen molar-refractivity contribution in [3.8, 4) is 5.75 Å². The van der Waals surface area contributed by atoms with Crippen LogP contribution in [0.15, 0.2) is 12.1 Å². The van der Waals surface area contributed by atoms with E-state index in [1.54, 1.807) is 0 Å². The van der Waals surface area contributed by atoms with Crippen molar-refractivity contribution in [2.45, 2.75) is 12.8 Å². The Labute approximate surface area is 85.3 Å². The highest BCUT2D eigenvalue weighted by atomic mass is 19.3. The van der Waals surface area contributed by atoms with Gasteiger partial charge in [0.05, 0.1) is 12.7 Å². The quantitative estimate of drug-likeness (QED) is 0.843. The van der Waals surface area contributed by atoms with Crippen molar-refractivity contribution in [1.82, 2.24) is 0 Å². The molecule has 0 spiro atoms. The predicted octanol–water partition coefficient (Wildman–Crippen LogP) is 2.31. The first-order valence-corrected chi connectivity index (χ1v) is 4.35. The van der Waals surface area contributed by atoms with E-state index in [1.165, 1.54) is 7.11 Å². The molecule has 0 fully saturated rings. The minimum atomic E-state index is -2.80. The lowest BCUT2D eigenvalue weighted by Crippen LogP contribution is -2.01. The Hall–Kier alpha value is -1.23. The third-order valence-electron chi connectivity index (χ3n) is 1.98. The fourth-order valence-corrected chi connectivity index (χ4v) is 1.39. The highest BCUT2D eigenvalue weighted by molar-refractivity contribution is 5.43. The molecule has 1 rings (SSSR count). The molecule has 0 saturated carbocycles. The maximum Gasteiger partial charge on any atom is 0.267 e. The lowest BCUT2D eigenvalue weighted by Gasteiger charge is -2.12. The molecule has 15 heavy (non-hydrogen) atoms. The fraction of sp³-hybridized carbons (Fsp3) is 0.400. The third kappa shape index (κ3) is 2.62. The van der Waals surface area contributed by atoms with E-state index in [0.29, 0.717) is 0 Å². The van der Waals surface area contributed by atoms with Crippen molar-refractivity contribution < 1.29 is 23.0 Å². The van der Waals surface area contributed by atoms with Crippen LogP contribution in [0.4, 0.5) is 13.2 Å². The summed E-state index contributed by atoms with van der Waals surface area (Å²) >= 11 is 0. The Morgan fingerprint density at radius 2 is 2.07 bits per heavy atom. The van der Waals surface area contributed by atoms with Gasteiger partial charge in [0.1, 0.15) is 11.6 Å². The summed E-state index contributed by atoms with van der Waals surface area (Å²) in [7, 11) is 1.24. The largest absolute Gasteiger partial charge is 0.496 e. The summed E-state index contributed by atoms with van der Waals surface area (Å²) < 4.78 is 42.8. The molecule has 84 valence electrons. The number of aliphatic hydroxyl groups is 1. The Balaban J connectivity index is 3.25. The molecule has 0 aliphatic heterocycles. The summed E-state index contributed by atoms with van der Waals surface area (Å²) in [5.74, 6) is -0.810. The second-order valence-corrected chi connectivity index (χ2v) is 2.96. The Morgan fingerprint density at radius 1 is 1.40 bits per heavy atom. The Bertz CT molecular complexity index is 340. The van der Waals surface area contributed by atoms with Crippen molar-refractivity contribution in [2.75, 3.05) is 13.7 Å². The lowest BCUT2D eigenvalue weighted by molar-refractivity contribution is 0.146. The normalized spacial score (nSPS) is 10.8. The number of hydrogen-bond donors (Lipinski definition) is 1. The van der Waals surface area contributed by atoms with E-state index >= 15 is 0 Å². The van der Waals surface area contributed by atoms with Crippen LogP contribution in [0.3, 0.4) is 0 Å². The van der Waals surface area contributed by atoms with Gasteiger partial charge in [0, 0.05) is 6.61 Å². The number of benzene rings is 1. The molecule has 0 aromatic heterocycles. The van der Waals surface area contributed by atoms with Gasteiger partial charge in [0.15, 0.2) is 0 Å². The van der Waals surface area contributed by atoms with E-state index in [-0.39, 0.29) is 24.3 Å². The van der Waals surface area contributed by atoms with E-state index in [0.717, 1.165) is 12.1 Å². The molecule has 0 atom stereocenters. The summed E-state index contributed by atoms with van der Waals surface area (Å²) in [6.45, 7) is -0.248. The second-order valence-electron chi connectivity index (χ2n) is 2.96. The molecule has 5 heteroatoms. The molecule has 0 saturated heterocycles. The van der Waals surface area contributed by atoms with Crippen LogP contribution in [0.1, 0.15) is 17.6 Å². The molecular formula is C10H11F3O2. The monoisotopic (exact) mass is 220 g/mol. The topological polar surface area (TPSA) is 29.5 Å². The molecule has 1 aromatic carbocycles. The van der Waals surface area contributed by atoms with E-state index in [4.69, 9.17) is 9.84 Å². The zero-order valence-electron chi connectivity index (χ0n) is 8.14. The van der Waals surface area contributed by atoms with Crippen LogP contribution in [0.2, 0.25) is 0 Å². The van der Waals surface area contributed by atoms with Crippen LogP contribution in [-0.2, 0) is 6.42 Å². The van der Waals surface area contributed by atoms with E-state index < -0.39 is 17.8 Å². The SMILES string of the molecule is COc1c(CCO)cc(F)cc1C(F)F. The average Bonchev–Trinajstić information content (AvgIpc) is 2.17. The molecule has 2 nitrogen and oxygen atoms in total. The number of ether oxygens (including phenoxy) is 1. The first-order chi connectivity index (χ1) is 7.10. The van der Waals surface area contributed by atoms with Crippen LogP contribution in [0.5, 0.6) is 5.75 Å². The van der Waals surface area contributed by atoms with Crippen LogP contribution in [-0.4, -0.2) is 18.8 Å². The smallest absolute Gasteiger partial charge is 0.267 e. The molecule has 0 aliphatic rings. The molecule has 1 aromatic rings.